The molecule has 0 aliphatic heterocycles. The van der Waals surface area contributed by atoms with Crippen LogP contribution in [0, 0.1) is 26.7 Å². The second-order valence-electron chi connectivity index (χ2n) is 7.17. The van der Waals surface area contributed by atoms with Gasteiger partial charge in [-0.05, 0) is 93.7 Å². The Morgan fingerprint density at radius 1 is 1.00 bits per heavy atom. The molecule has 1 aliphatic rings. The van der Waals surface area contributed by atoms with E-state index in [0.29, 0.717) is 0 Å². The lowest BCUT2D eigenvalue weighted by atomic mass is 9.92. The first-order chi connectivity index (χ1) is 14.0. The number of allylic oxidation sites excluding steroid dienone is 3. The third kappa shape index (κ3) is 9.01. The quantitative estimate of drug-likeness (QED) is 0.366. The van der Waals surface area contributed by atoms with Gasteiger partial charge in [-0.25, -0.2) is 0 Å². The summed E-state index contributed by atoms with van der Waals surface area (Å²) in [5, 5.41) is 0. The number of hydrogen-bond donors (Lipinski definition) is 0. The van der Waals surface area contributed by atoms with Crippen LogP contribution in [0.3, 0.4) is 0 Å². The van der Waals surface area contributed by atoms with Gasteiger partial charge in [0.1, 0.15) is 0 Å². The van der Waals surface area contributed by atoms with Gasteiger partial charge >= 0.3 is 0 Å². The van der Waals surface area contributed by atoms with Crippen molar-refractivity contribution in [2.45, 2.75) is 74.1 Å². The molecule has 0 bridgehead atoms. The fourth-order valence-electron chi connectivity index (χ4n) is 3.37. The molecular weight excluding hydrogens is 348 g/mol. The molecule has 0 amide bonds. The molecule has 0 spiro atoms. The Kier molecular flexibility index (Phi) is 14.1. The van der Waals surface area contributed by atoms with Crippen molar-refractivity contribution in [2.24, 2.45) is 0 Å². The Morgan fingerprint density at radius 2 is 1.59 bits per heavy atom. The number of benzene rings is 2. The van der Waals surface area contributed by atoms with Crippen LogP contribution in [0.2, 0.25) is 0 Å². The number of terminal acetylenes is 1. The van der Waals surface area contributed by atoms with Crippen molar-refractivity contribution in [3.63, 3.8) is 0 Å². The van der Waals surface area contributed by atoms with Crippen LogP contribution in [0.25, 0.3) is 6.08 Å². The van der Waals surface area contributed by atoms with Crippen LogP contribution >= 0.6 is 0 Å². The van der Waals surface area contributed by atoms with E-state index in [2.05, 4.69) is 95.2 Å². The molecule has 0 aromatic heterocycles. The fourth-order valence-corrected chi connectivity index (χ4v) is 3.37. The highest BCUT2D eigenvalue weighted by Crippen LogP contribution is 2.30. The highest BCUT2D eigenvalue weighted by atomic mass is 14.2. The fraction of sp³-hybridized carbons (Fsp3) is 0.379. The molecule has 2 aromatic carbocycles. The summed E-state index contributed by atoms with van der Waals surface area (Å²) in [6.45, 7) is 14.8. The molecule has 3 rings (SSSR count). The van der Waals surface area contributed by atoms with Gasteiger partial charge in [-0.3, -0.25) is 0 Å². The maximum absolute atomic E-state index is 4.00. The van der Waals surface area contributed by atoms with Gasteiger partial charge in [0.15, 0.2) is 0 Å². The van der Waals surface area contributed by atoms with Gasteiger partial charge in [-0.2, -0.15) is 0 Å². The lowest BCUT2D eigenvalue weighted by molar-refractivity contribution is 0.908. The van der Waals surface area contributed by atoms with Crippen molar-refractivity contribution < 1.29 is 0 Å². The van der Waals surface area contributed by atoms with E-state index in [4.69, 9.17) is 0 Å². The summed E-state index contributed by atoms with van der Waals surface area (Å²) >= 11 is 0. The average molecular weight is 389 g/mol. The molecule has 1 aliphatic carbocycles. The molecule has 156 valence electrons. The van der Waals surface area contributed by atoms with Crippen LogP contribution in [0.15, 0.2) is 54.1 Å². The van der Waals surface area contributed by atoms with E-state index in [0.717, 1.165) is 6.42 Å². The number of hydrogen-bond acceptors (Lipinski definition) is 0. The molecule has 0 heterocycles. The topological polar surface area (TPSA) is 0 Å². The van der Waals surface area contributed by atoms with Crippen LogP contribution in [0.5, 0.6) is 0 Å². The minimum atomic E-state index is 1.04. The molecule has 0 N–H and O–H groups in total. The molecule has 0 saturated carbocycles. The molecule has 29 heavy (non-hydrogen) atoms. The monoisotopic (exact) mass is 388 g/mol. The summed E-state index contributed by atoms with van der Waals surface area (Å²) in [6, 6.07) is 13.0. The van der Waals surface area contributed by atoms with Crippen LogP contribution in [-0.2, 0) is 19.3 Å². The van der Waals surface area contributed by atoms with Crippen LogP contribution in [-0.4, -0.2) is 0 Å². The number of fused-ring (bicyclic) bond motifs is 1. The molecule has 2 aromatic rings. The Labute approximate surface area is 180 Å². The van der Waals surface area contributed by atoms with Crippen molar-refractivity contribution in [3.05, 3.63) is 87.5 Å². The summed E-state index contributed by atoms with van der Waals surface area (Å²) in [4.78, 5) is 0. The van der Waals surface area contributed by atoms with Crippen LogP contribution in [0.1, 0.15) is 74.4 Å². The lowest BCUT2D eigenvalue weighted by Gasteiger charge is -2.13. The van der Waals surface area contributed by atoms with E-state index in [1.807, 2.05) is 20.8 Å². The first-order valence-electron chi connectivity index (χ1n) is 10.8. The minimum absolute atomic E-state index is 1.04. The third-order valence-corrected chi connectivity index (χ3v) is 5.04. The summed E-state index contributed by atoms with van der Waals surface area (Å²) in [7, 11) is 0. The van der Waals surface area contributed by atoms with Crippen molar-refractivity contribution >= 4 is 6.08 Å². The van der Waals surface area contributed by atoms with Crippen LogP contribution in [0.4, 0.5) is 0 Å². The highest BCUT2D eigenvalue weighted by molar-refractivity contribution is 5.52. The Bertz CT molecular complexity index is 782. The predicted molar refractivity (Wildman–Crippen MR) is 133 cm³/mol. The molecule has 0 fully saturated rings. The molecule has 0 atom stereocenters. The maximum Gasteiger partial charge on any atom is -0.00888 e. The molecule has 0 nitrogen and oxygen atoms in total. The largest absolute Gasteiger partial charge is 0.124 e. The predicted octanol–water partition coefficient (Wildman–Crippen LogP) is 8.30. The average Bonchev–Trinajstić information content (AvgIpc) is 3.23. The van der Waals surface area contributed by atoms with Crippen molar-refractivity contribution in [2.75, 3.05) is 0 Å². The standard InChI is InChI=1S/C20H22.C5H10.C2H6.C2H2/c1-15-14-18-11-7-13-20(18)16(2)19(15)12-6-10-17-8-4-3-5-9-17;1-4-5(2)3;2*1-2/h3-6,8-10,14H,7,11-13H2,1-2H3;4H,1-3H3;1-2H3;1-2H/b10-6+;;;. The van der Waals surface area contributed by atoms with Crippen molar-refractivity contribution in [1.29, 1.82) is 0 Å². The number of rotatable bonds is 3. The van der Waals surface area contributed by atoms with Gasteiger partial charge in [0.2, 0.25) is 0 Å². The second-order valence-corrected chi connectivity index (χ2v) is 7.17. The maximum atomic E-state index is 4.00. The Balaban J connectivity index is 0.000000752. The van der Waals surface area contributed by atoms with E-state index in [1.165, 1.54) is 47.1 Å². The first-order valence-corrected chi connectivity index (χ1v) is 10.8. The summed E-state index contributed by atoms with van der Waals surface area (Å²) in [6.07, 6.45) is 19.5. The summed E-state index contributed by atoms with van der Waals surface area (Å²) in [5.41, 5.74) is 10.4. The molecule has 0 radical (unpaired) electrons. The van der Waals surface area contributed by atoms with E-state index in [9.17, 15) is 0 Å². The Hall–Kier alpha value is -2.52. The smallest absolute Gasteiger partial charge is 0.00888 e. The van der Waals surface area contributed by atoms with Gasteiger partial charge < -0.3 is 0 Å². The van der Waals surface area contributed by atoms with Gasteiger partial charge in [-0.15, -0.1) is 12.8 Å². The first kappa shape index (κ1) is 26.5. The highest BCUT2D eigenvalue weighted by Gasteiger charge is 2.16. The van der Waals surface area contributed by atoms with E-state index in [-0.39, 0.29) is 0 Å². The normalized spacial score (nSPS) is 11.1. The lowest BCUT2D eigenvalue weighted by Crippen LogP contribution is -1.98. The van der Waals surface area contributed by atoms with Crippen molar-refractivity contribution in [3.8, 4) is 12.8 Å². The zero-order valence-corrected chi connectivity index (χ0v) is 19.7. The molecule has 0 saturated heterocycles. The van der Waals surface area contributed by atoms with E-state index < -0.39 is 0 Å². The van der Waals surface area contributed by atoms with Gasteiger partial charge in [0.05, 0.1) is 0 Å². The summed E-state index contributed by atoms with van der Waals surface area (Å²) < 4.78 is 0. The minimum Gasteiger partial charge on any atom is -0.124 e. The third-order valence-electron chi connectivity index (χ3n) is 5.04. The number of aryl methyl sites for hydroxylation is 2. The van der Waals surface area contributed by atoms with Crippen LogP contribution < -0.4 is 0 Å². The van der Waals surface area contributed by atoms with Crippen molar-refractivity contribution in [1.82, 2.24) is 0 Å². The zero-order chi connectivity index (χ0) is 22.2. The second kappa shape index (κ2) is 15.4. The van der Waals surface area contributed by atoms with Gasteiger partial charge in [0.25, 0.3) is 0 Å². The molecular formula is C29H40. The van der Waals surface area contributed by atoms with E-state index >= 15 is 0 Å². The SMILES string of the molecule is C#C.CC.CC=C(C)C.Cc1cc2c(c(C)c1C/C=C/c1ccccc1)CCC2. The zero-order valence-electron chi connectivity index (χ0n) is 19.7. The molecule has 0 heteroatoms. The van der Waals surface area contributed by atoms with Gasteiger partial charge in [0, 0.05) is 0 Å². The van der Waals surface area contributed by atoms with Gasteiger partial charge in [-0.1, -0.05) is 74.0 Å². The molecule has 0 unspecified atom stereocenters. The Morgan fingerprint density at radius 3 is 2.14 bits per heavy atom. The summed E-state index contributed by atoms with van der Waals surface area (Å²) in [5.74, 6) is 0. The van der Waals surface area contributed by atoms with E-state index in [1.54, 1.807) is 11.1 Å².